The van der Waals surface area contributed by atoms with Crippen LogP contribution in [-0.4, -0.2) is 47.8 Å². The van der Waals surface area contributed by atoms with Crippen LogP contribution in [-0.2, 0) is 0 Å². The SMILES string of the molecule is CCC1CCCCN1CC1CC(O)CN1. The summed E-state index contributed by atoms with van der Waals surface area (Å²) in [6.45, 7) is 5.47. The van der Waals surface area contributed by atoms with Crippen molar-refractivity contribution >= 4 is 0 Å². The van der Waals surface area contributed by atoms with Gasteiger partial charge >= 0.3 is 0 Å². The molecule has 3 nitrogen and oxygen atoms in total. The summed E-state index contributed by atoms with van der Waals surface area (Å²) < 4.78 is 0. The van der Waals surface area contributed by atoms with Gasteiger partial charge in [0.15, 0.2) is 0 Å². The maximum Gasteiger partial charge on any atom is 0.0680 e. The number of nitrogens with one attached hydrogen (secondary N) is 1. The lowest BCUT2D eigenvalue weighted by Crippen LogP contribution is -2.45. The minimum Gasteiger partial charge on any atom is -0.392 e. The van der Waals surface area contributed by atoms with Gasteiger partial charge in [0.25, 0.3) is 0 Å². The molecule has 3 unspecified atom stereocenters. The lowest BCUT2D eigenvalue weighted by Gasteiger charge is -2.36. The summed E-state index contributed by atoms with van der Waals surface area (Å²) in [4.78, 5) is 2.62. The Balaban J connectivity index is 1.81. The smallest absolute Gasteiger partial charge is 0.0680 e. The fourth-order valence-electron chi connectivity index (χ4n) is 2.98. The molecule has 0 aromatic rings. The standard InChI is InChI=1S/C12H24N2O/c1-2-11-5-3-4-6-14(11)9-10-7-12(15)8-13-10/h10-13,15H,2-9H2,1H3. The number of rotatable bonds is 3. The second-order valence-corrected chi connectivity index (χ2v) is 5.05. The van der Waals surface area contributed by atoms with E-state index in [0.29, 0.717) is 6.04 Å². The van der Waals surface area contributed by atoms with E-state index in [4.69, 9.17) is 0 Å². The van der Waals surface area contributed by atoms with Gasteiger partial charge in [0, 0.05) is 25.2 Å². The van der Waals surface area contributed by atoms with E-state index in [1.54, 1.807) is 0 Å². The molecule has 3 atom stereocenters. The molecular formula is C12H24N2O. The molecule has 0 saturated carbocycles. The Morgan fingerprint density at radius 2 is 2.27 bits per heavy atom. The topological polar surface area (TPSA) is 35.5 Å². The first-order chi connectivity index (χ1) is 7.29. The van der Waals surface area contributed by atoms with Gasteiger partial charge in [-0.3, -0.25) is 4.90 Å². The molecule has 2 aliphatic rings. The zero-order valence-corrected chi connectivity index (χ0v) is 9.78. The zero-order valence-electron chi connectivity index (χ0n) is 9.78. The summed E-state index contributed by atoms with van der Waals surface area (Å²) >= 11 is 0. The van der Waals surface area contributed by atoms with E-state index in [1.165, 1.54) is 32.2 Å². The van der Waals surface area contributed by atoms with Gasteiger partial charge in [-0.2, -0.15) is 0 Å². The van der Waals surface area contributed by atoms with E-state index in [2.05, 4.69) is 17.1 Å². The van der Waals surface area contributed by atoms with Gasteiger partial charge in [0.1, 0.15) is 0 Å². The Bertz CT molecular complexity index is 198. The number of hydrogen-bond acceptors (Lipinski definition) is 3. The van der Waals surface area contributed by atoms with Gasteiger partial charge < -0.3 is 10.4 Å². The molecule has 0 radical (unpaired) electrons. The first kappa shape index (κ1) is 11.4. The van der Waals surface area contributed by atoms with Crippen molar-refractivity contribution in [2.75, 3.05) is 19.6 Å². The lowest BCUT2D eigenvalue weighted by atomic mass is 9.99. The van der Waals surface area contributed by atoms with Crippen LogP contribution in [0.4, 0.5) is 0 Å². The number of nitrogens with zero attached hydrogens (tertiary/aromatic N) is 1. The molecule has 0 aliphatic carbocycles. The number of aliphatic hydroxyl groups is 1. The number of hydrogen-bond donors (Lipinski definition) is 2. The largest absolute Gasteiger partial charge is 0.392 e. The third-order valence-corrected chi connectivity index (χ3v) is 3.87. The third-order valence-electron chi connectivity index (χ3n) is 3.87. The molecule has 0 bridgehead atoms. The quantitative estimate of drug-likeness (QED) is 0.732. The number of aliphatic hydroxyl groups excluding tert-OH is 1. The van der Waals surface area contributed by atoms with Gasteiger partial charge in [-0.15, -0.1) is 0 Å². The van der Waals surface area contributed by atoms with Gasteiger partial charge in [0.2, 0.25) is 0 Å². The monoisotopic (exact) mass is 212 g/mol. The van der Waals surface area contributed by atoms with Gasteiger partial charge in [0.05, 0.1) is 6.10 Å². The van der Waals surface area contributed by atoms with Crippen molar-refractivity contribution < 1.29 is 5.11 Å². The van der Waals surface area contributed by atoms with Crippen LogP contribution in [0.3, 0.4) is 0 Å². The number of β-amino-alcohol motifs (C(OH)–C–C–N with tert-alkyl or cyclic N) is 1. The summed E-state index contributed by atoms with van der Waals surface area (Å²) in [5, 5.41) is 12.9. The van der Waals surface area contributed by atoms with Crippen LogP contribution in [0.15, 0.2) is 0 Å². The highest BCUT2D eigenvalue weighted by atomic mass is 16.3. The minimum atomic E-state index is -0.111. The molecule has 0 amide bonds. The van der Waals surface area contributed by atoms with E-state index >= 15 is 0 Å². The molecule has 3 heteroatoms. The van der Waals surface area contributed by atoms with Crippen LogP contribution in [0.2, 0.25) is 0 Å². The summed E-state index contributed by atoms with van der Waals surface area (Å²) in [6, 6.07) is 1.31. The number of piperidine rings is 1. The fraction of sp³-hybridized carbons (Fsp3) is 1.00. The molecule has 15 heavy (non-hydrogen) atoms. The predicted molar refractivity (Wildman–Crippen MR) is 61.9 cm³/mol. The summed E-state index contributed by atoms with van der Waals surface area (Å²) in [5.74, 6) is 0. The highest BCUT2D eigenvalue weighted by Gasteiger charge is 2.27. The Morgan fingerprint density at radius 3 is 2.93 bits per heavy atom. The molecule has 2 N–H and O–H groups in total. The van der Waals surface area contributed by atoms with Gasteiger partial charge in [-0.1, -0.05) is 13.3 Å². The molecule has 0 spiro atoms. The first-order valence-corrected chi connectivity index (χ1v) is 6.45. The molecule has 88 valence electrons. The molecular weight excluding hydrogens is 188 g/mol. The first-order valence-electron chi connectivity index (χ1n) is 6.45. The van der Waals surface area contributed by atoms with Crippen molar-refractivity contribution in [1.82, 2.24) is 10.2 Å². The molecule has 2 aliphatic heterocycles. The van der Waals surface area contributed by atoms with Crippen LogP contribution in [0, 0.1) is 0 Å². The van der Waals surface area contributed by atoms with Crippen molar-refractivity contribution in [2.45, 2.75) is 57.2 Å². The second-order valence-electron chi connectivity index (χ2n) is 5.05. The highest BCUT2D eigenvalue weighted by molar-refractivity contribution is 4.86. The molecule has 2 rings (SSSR count). The summed E-state index contributed by atoms with van der Waals surface area (Å²) in [5.41, 5.74) is 0. The highest BCUT2D eigenvalue weighted by Crippen LogP contribution is 2.20. The van der Waals surface area contributed by atoms with Crippen LogP contribution in [0.25, 0.3) is 0 Å². The van der Waals surface area contributed by atoms with Crippen molar-refractivity contribution in [3.8, 4) is 0 Å². The average molecular weight is 212 g/mol. The Labute approximate surface area is 92.8 Å². The van der Waals surface area contributed by atoms with E-state index in [0.717, 1.165) is 25.6 Å². The van der Waals surface area contributed by atoms with Crippen molar-refractivity contribution in [2.24, 2.45) is 0 Å². The molecule has 2 saturated heterocycles. The lowest BCUT2D eigenvalue weighted by molar-refractivity contribution is 0.128. The van der Waals surface area contributed by atoms with Crippen LogP contribution < -0.4 is 5.32 Å². The zero-order chi connectivity index (χ0) is 10.7. The fourth-order valence-corrected chi connectivity index (χ4v) is 2.98. The van der Waals surface area contributed by atoms with Crippen LogP contribution in [0.1, 0.15) is 39.0 Å². The minimum absolute atomic E-state index is 0.111. The van der Waals surface area contributed by atoms with Crippen LogP contribution in [0.5, 0.6) is 0 Å². The predicted octanol–water partition coefficient (Wildman–Crippen LogP) is 0.974. The van der Waals surface area contributed by atoms with E-state index < -0.39 is 0 Å². The van der Waals surface area contributed by atoms with E-state index in [1.807, 2.05) is 0 Å². The molecule has 2 heterocycles. The normalized spacial score (nSPS) is 38.4. The van der Waals surface area contributed by atoms with Crippen LogP contribution >= 0.6 is 0 Å². The Kier molecular flexibility index (Phi) is 4.00. The summed E-state index contributed by atoms with van der Waals surface area (Å²) in [7, 11) is 0. The summed E-state index contributed by atoms with van der Waals surface area (Å²) in [6.07, 6.45) is 6.22. The Morgan fingerprint density at radius 1 is 1.40 bits per heavy atom. The maximum atomic E-state index is 9.47. The molecule has 0 aromatic heterocycles. The van der Waals surface area contributed by atoms with Gasteiger partial charge in [-0.05, 0) is 32.2 Å². The van der Waals surface area contributed by atoms with Gasteiger partial charge in [-0.25, -0.2) is 0 Å². The maximum absolute atomic E-state index is 9.47. The Hall–Kier alpha value is -0.120. The van der Waals surface area contributed by atoms with Crippen molar-refractivity contribution in [3.05, 3.63) is 0 Å². The van der Waals surface area contributed by atoms with Crippen molar-refractivity contribution in [3.63, 3.8) is 0 Å². The number of likely N-dealkylation sites (tertiary alicyclic amines) is 1. The molecule has 2 fully saturated rings. The van der Waals surface area contributed by atoms with E-state index in [-0.39, 0.29) is 6.10 Å². The third kappa shape index (κ3) is 2.92. The van der Waals surface area contributed by atoms with Crippen molar-refractivity contribution in [1.29, 1.82) is 0 Å². The van der Waals surface area contributed by atoms with E-state index in [9.17, 15) is 5.11 Å². The average Bonchev–Trinajstić information content (AvgIpc) is 2.65. The molecule has 0 aromatic carbocycles. The second kappa shape index (κ2) is 5.28.